The lowest BCUT2D eigenvalue weighted by Gasteiger charge is -2.21. The summed E-state index contributed by atoms with van der Waals surface area (Å²) in [5, 5.41) is 3.33. The van der Waals surface area contributed by atoms with Gasteiger partial charge in [-0.1, -0.05) is 31.7 Å². The van der Waals surface area contributed by atoms with Crippen LogP contribution in [-0.2, 0) is 0 Å². The van der Waals surface area contributed by atoms with Crippen LogP contribution in [0.4, 0.5) is 4.39 Å². The number of nitrogens with one attached hydrogen (secondary N) is 1. The van der Waals surface area contributed by atoms with Crippen LogP contribution in [0, 0.1) is 18.7 Å². The highest BCUT2D eigenvalue weighted by Crippen LogP contribution is 2.33. The van der Waals surface area contributed by atoms with E-state index in [4.69, 9.17) is 0 Å². The largest absolute Gasteiger partial charge is 0.313 e. The molecule has 17 heavy (non-hydrogen) atoms. The first-order valence-electron chi connectivity index (χ1n) is 6.63. The minimum atomic E-state index is -0.119. The van der Waals surface area contributed by atoms with E-state index in [0.29, 0.717) is 6.04 Å². The van der Waals surface area contributed by atoms with E-state index < -0.39 is 0 Å². The van der Waals surface area contributed by atoms with Crippen LogP contribution in [0.3, 0.4) is 0 Å². The highest BCUT2D eigenvalue weighted by molar-refractivity contribution is 5.26. The van der Waals surface area contributed by atoms with E-state index in [1.54, 1.807) is 12.1 Å². The van der Waals surface area contributed by atoms with Crippen molar-refractivity contribution in [2.24, 2.45) is 5.92 Å². The van der Waals surface area contributed by atoms with Crippen LogP contribution in [0.2, 0.25) is 0 Å². The Labute approximate surface area is 103 Å². The fourth-order valence-electron chi connectivity index (χ4n) is 2.97. The first-order chi connectivity index (χ1) is 8.19. The SMILES string of the molecule is CNC(CC1CCCC1)c1cc(C)cc(F)c1. The normalized spacial score (nSPS) is 18.5. The van der Waals surface area contributed by atoms with E-state index >= 15 is 0 Å². The summed E-state index contributed by atoms with van der Waals surface area (Å²) in [5.74, 6) is 0.697. The van der Waals surface area contributed by atoms with Gasteiger partial charge >= 0.3 is 0 Å². The third-order valence-electron chi connectivity index (χ3n) is 3.86. The Balaban J connectivity index is 2.10. The van der Waals surface area contributed by atoms with Gasteiger partial charge in [-0.2, -0.15) is 0 Å². The maximum absolute atomic E-state index is 13.4. The summed E-state index contributed by atoms with van der Waals surface area (Å²) in [4.78, 5) is 0. The zero-order valence-electron chi connectivity index (χ0n) is 10.8. The van der Waals surface area contributed by atoms with Gasteiger partial charge in [-0.25, -0.2) is 4.39 Å². The molecule has 1 nitrogen and oxygen atoms in total. The molecule has 0 bridgehead atoms. The number of halogens is 1. The molecule has 0 heterocycles. The van der Waals surface area contributed by atoms with E-state index in [9.17, 15) is 4.39 Å². The van der Waals surface area contributed by atoms with Crippen molar-refractivity contribution in [2.45, 2.75) is 45.1 Å². The van der Waals surface area contributed by atoms with E-state index in [0.717, 1.165) is 23.5 Å². The zero-order valence-corrected chi connectivity index (χ0v) is 10.8. The van der Waals surface area contributed by atoms with Gasteiger partial charge in [-0.05, 0) is 49.6 Å². The average molecular weight is 235 g/mol. The van der Waals surface area contributed by atoms with Crippen LogP contribution in [0.25, 0.3) is 0 Å². The molecule has 0 radical (unpaired) electrons. The van der Waals surface area contributed by atoms with Crippen LogP contribution in [0.15, 0.2) is 18.2 Å². The zero-order chi connectivity index (χ0) is 12.3. The second-order valence-corrected chi connectivity index (χ2v) is 5.29. The second-order valence-electron chi connectivity index (χ2n) is 5.29. The molecule has 1 aliphatic carbocycles. The highest BCUT2D eigenvalue weighted by Gasteiger charge is 2.20. The van der Waals surface area contributed by atoms with Gasteiger partial charge in [-0.15, -0.1) is 0 Å². The standard InChI is InChI=1S/C15H22FN/c1-11-7-13(10-14(16)8-11)15(17-2)9-12-5-3-4-6-12/h7-8,10,12,15,17H,3-6,9H2,1-2H3. The smallest absolute Gasteiger partial charge is 0.123 e. The first kappa shape index (κ1) is 12.6. The lowest BCUT2D eigenvalue weighted by molar-refractivity contribution is 0.412. The Morgan fingerprint density at radius 3 is 2.59 bits per heavy atom. The summed E-state index contributed by atoms with van der Waals surface area (Å²) in [6.45, 7) is 1.95. The van der Waals surface area contributed by atoms with Crippen molar-refractivity contribution >= 4 is 0 Å². The van der Waals surface area contributed by atoms with Crippen LogP contribution in [0.5, 0.6) is 0 Å². The molecule has 2 rings (SSSR count). The average Bonchev–Trinajstić information content (AvgIpc) is 2.77. The molecule has 94 valence electrons. The second kappa shape index (κ2) is 5.63. The fourth-order valence-corrected chi connectivity index (χ4v) is 2.97. The van der Waals surface area contributed by atoms with Crippen molar-refractivity contribution in [1.82, 2.24) is 5.32 Å². The molecule has 1 atom stereocenters. The molecule has 0 amide bonds. The number of rotatable bonds is 4. The van der Waals surface area contributed by atoms with Gasteiger partial charge in [-0.3, -0.25) is 0 Å². The Morgan fingerprint density at radius 2 is 2.00 bits per heavy atom. The fraction of sp³-hybridized carbons (Fsp3) is 0.600. The molecule has 1 saturated carbocycles. The van der Waals surface area contributed by atoms with Gasteiger partial charge in [0.1, 0.15) is 5.82 Å². The Bertz CT molecular complexity index is 349. The first-order valence-corrected chi connectivity index (χ1v) is 6.63. The molecule has 1 unspecified atom stereocenters. The molecular weight excluding hydrogens is 213 g/mol. The van der Waals surface area contributed by atoms with Crippen molar-refractivity contribution in [3.8, 4) is 0 Å². The maximum Gasteiger partial charge on any atom is 0.123 e. The van der Waals surface area contributed by atoms with Gasteiger partial charge < -0.3 is 5.32 Å². The predicted octanol–water partition coefficient (Wildman–Crippen LogP) is 3.97. The molecule has 2 heteroatoms. The van der Waals surface area contributed by atoms with Crippen LogP contribution >= 0.6 is 0 Å². The third kappa shape index (κ3) is 3.29. The van der Waals surface area contributed by atoms with Crippen LogP contribution < -0.4 is 5.32 Å². The summed E-state index contributed by atoms with van der Waals surface area (Å²) in [7, 11) is 1.97. The maximum atomic E-state index is 13.4. The van der Waals surface area contributed by atoms with Gasteiger partial charge in [0.2, 0.25) is 0 Å². The van der Waals surface area contributed by atoms with Gasteiger partial charge in [0, 0.05) is 6.04 Å². The highest BCUT2D eigenvalue weighted by atomic mass is 19.1. The monoisotopic (exact) mass is 235 g/mol. The predicted molar refractivity (Wildman–Crippen MR) is 69.5 cm³/mol. The van der Waals surface area contributed by atoms with Crippen LogP contribution in [-0.4, -0.2) is 7.05 Å². The van der Waals surface area contributed by atoms with Crippen LogP contribution in [0.1, 0.15) is 49.3 Å². The van der Waals surface area contributed by atoms with E-state index in [-0.39, 0.29) is 5.82 Å². The number of hydrogen-bond donors (Lipinski definition) is 1. The Kier molecular flexibility index (Phi) is 4.16. The van der Waals surface area contributed by atoms with Gasteiger partial charge in [0.05, 0.1) is 0 Å². The summed E-state index contributed by atoms with van der Waals surface area (Å²) in [5.41, 5.74) is 2.10. The lowest BCUT2D eigenvalue weighted by Crippen LogP contribution is -2.19. The molecule has 0 aromatic heterocycles. The molecular formula is C15H22FN. The molecule has 1 N–H and O–H groups in total. The molecule has 0 aliphatic heterocycles. The van der Waals surface area contributed by atoms with Crippen molar-refractivity contribution in [2.75, 3.05) is 7.05 Å². The lowest BCUT2D eigenvalue weighted by atomic mass is 9.93. The third-order valence-corrected chi connectivity index (χ3v) is 3.86. The quantitative estimate of drug-likeness (QED) is 0.832. The molecule has 0 saturated heterocycles. The molecule has 0 spiro atoms. The Morgan fingerprint density at radius 1 is 1.29 bits per heavy atom. The molecule has 1 aromatic carbocycles. The van der Waals surface area contributed by atoms with Gasteiger partial charge in [0.15, 0.2) is 0 Å². The van der Waals surface area contributed by atoms with E-state index in [1.807, 2.05) is 14.0 Å². The minimum Gasteiger partial charge on any atom is -0.313 e. The molecule has 1 fully saturated rings. The number of benzene rings is 1. The summed E-state index contributed by atoms with van der Waals surface area (Å²) in [6.07, 6.45) is 6.55. The summed E-state index contributed by atoms with van der Waals surface area (Å²) in [6, 6.07) is 5.65. The van der Waals surface area contributed by atoms with Gasteiger partial charge in [0.25, 0.3) is 0 Å². The van der Waals surface area contributed by atoms with E-state index in [2.05, 4.69) is 11.4 Å². The molecule has 1 aromatic rings. The van der Waals surface area contributed by atoms with Crippen molar-refractivity contribution < 1.29 is 4.39 Å². The summed E-state index contributed by atoms with van der Waals surface area (Å²) < 4.78 is 13.4. The van der Waals surface area contributed by atoms with Crippen molar-refractivity contribution in [3.05, 3.63) is 35.1 Å². The number of aryl methyl sites for hydroxylation is 1. The topological polar surface area (TPSA) is 12.0 Å². The van der Waals surface area contributed by atoms with Crippen molar-refractivity contribution in [1.29, 1.82) is 0 Å². The molecule has 1 aliphatic rings. The van der Waals surface area contributed by atoms with E-state index in [1.165, 1.54) is 25.7 Å². The minimum absolute atomic E-state index is 0.119. The van der Waals surface area contributed by atoms with Crippen molar-refractivity contribution in [3.63, 3.8) is 0 Å². The summed E-state index contributed by atoms with van der Waals surface area (Å²) >= 11 is 0. The number of hydrogen-bond acceptors (Lipinski definition) is 1. The Hall–Kier alpha value is -0.890.